The number of piperidine rings is 1. The maximum atomic E-state index is 2.82. The topological polar surface area (TPSA) is 6.48 Å². The molecule has 0 aromatic rings. The van der Waals surface area contributed by atoms with Crippen molar-refractivity contribution >= 4 is 11.8 Å². The predicted molar refractivity (Wildman–Crippen MR) is 91.7 cm³/mol. The average Bonchev–Trinajstić information content (AvgIpc) is 2.50. The first-order chi connectivity index (χ1) is 9.85. The van der Waals surface area contributed by atoms with Crippen LogP contribution in [0.25, 0.3) is 0 Å². The van der Waals surface area contributed by atoms with Gasteiger partial charge in [-0.3, -0.25) is 9.80 Å². The van der Waals surface area contributed by atoms with E-state index in [4.69, 9.17) is 0 Å². The van der Waals surface area contributed by atoms with Gasteiger partial charge in [0.05, 0.1) is 0 Å². The lowest BCUT2D eigenvalue weighted by atomic mass is 9.95. The van der Waals surface area contributed by atoms with E-state index in [1.54, 1.807) is 0 Å². The summed E-state index contributed by atoms with van der Waals surface area (Å²) in [7, 11) is 0. The van der Waals surface area contributed by atoms with Gasteiger partial charge >= 0.3 is 0 Å². The molecule has 2 rings (SSSR count). The third-order valence-corrected chi connectivity index (χ3v) is 5.87. The minimum Gasteiger partial charge on any atom is -0.298 e. The summed E-state index contributed by atoms with van der Waals surface area (Å²) in [4.78, 5) is 5.60. The molecule has 20 heavy (non-hydrogen) atoms. The molecule has 0 radical (unpaired) electrons. The van der Waals surface area contributed by atoms with Gasteiger partial charge in [0.1, 0.15) is 0 Å². The summed E-state index contributed by atoms with van der Waals surface area (Å²) in [5, 5.41) is 0. The number of thioether (sulfide) groups is 1. The third kappa shape index (κ3) is 4.92. The molecule has 2 saturated heterocycles. The molecular formula is C17H34N2S. The van der Waals surface area contributed by atoms with Crippen LogP contribution in [-0.2, 0) is 0 Å². The van der Waals surface area contributed by atoms with Crippen LogP contribution in [0.5, 0.6) is 0 Å². The van der Waals surface area contributed by atoms with Crippen molar-refractivity contribution in [2.75, 3.05) is 38.2 Å². The van der Waals surface area contributed by atoms with Gasteiger partial charge in [-0.05, 0) is 57.2 Å². The van der Waals surface area contributed by atoms with E-state index in [2.05, 4.69) is 23.0 Å². The molecule has 2 atom stereocenters. The van der Waals surface area contributed by atoms with Gasteiger partial charge in [-0.15, -0.1) is 0 Å². The highest BCUT2D eigenvalue weighted by Crippen LogP contribution is 2.25. The maximum absolute atomic E-state index is 2.82. The van der Waals surface area contributed by atoms with Gasteiger partial charge in [-0.1, -0.05) is 26.2 Å². The van der Waals surface area contributed by atoms with E-state index in [0.29, 0.717) is 0 Å². The molecule has 0 aromatic carbocycles. The normalized spacial score (nSPS) is 28.5. The standard InChI is InChI=1S/C17H34N2S/c1-3-16-14-19-12-8-6-10-17(19)15-18(16)11-7-4-5-9-13-20-2/h16-17H,3-15H2,1-2H3. The van der Waals surface area contributed by atoms with Crippen LogP contribution in [0.2, 0.25) is 0 Å². The Morgan fingerprint density at radius 3 is 2.70 bits per heavy atom. The predicted octanol–water partition coefficient (Wildman–Crippen LogP) is 3.86. The van der Waals surface area contributed by atoms with Crippen molar-refractivity contribution in [1.29, 1.82) is 0 Å². The molecule has 0 amide bonds. The maximum Gasteiger partial charge on any atom is 0.0223 e. The lowest BCUT2D eigenvalue weighted by Crippen LogP contribution is -2.59. The van der Waals surface area contributed by atoms with Gasteiger partial charge in [0.15, 0.2) is 0 Å². The molecule has 0 aliphatic carbocycles. The molecular weight excluding hydrogens is 264 g/mol. The van der Waals surface area contributed by atoms with Crippen molar-refractivity contribution in [1.82, 2.24) is 9.80 Å². The van der Waals surface area contributed by atoms with E-state index < -0.39 is 0 Å². The van der Waals surface area contributed by atoms with Gasteiger partial charge in [0.2, 0.25) is 0 Å². The largest absolute Gasteiger partial charge is 0.298 e. The number of fused-ring (bicyclic) bond motifs is 1. The van der Waals surface area contributed by atoms with Crippen molar-refractivity contribution < 1.29 is 0 Å². The number of piperazine rings is 1. The molecule has 0 bridgehead atoms. The summed E-state index contributed by atoms with van der Waals surface area (Å²) in [5.74, 6) is 1.35. The van der Waals surface area contributed by atoms with E-state index in [9.17, 15) is 0 Å². The zero-order valence-corrected chi connectivity index (χ0v) is 14.5. The van der Waals surface area contributed by atoms with Gasteiger partial charge in [-0.25, -0.2) is 0 Å². The first-order valence-corrected chi connectivity index (χ1v) is 10.2. The highest BCUT2D eigenvalue weighted by molar-refractivity contribution is 7.98. The Kier molecular flexibility index (Phi) is 7.75. The van der Waals surface area contributed by atoms with Crippen LogP contribution in [-0.4, -0.2) is 60.1 Å². The van der Waals surface area contributed by atoms with Crippen LogP contribution in [0.1, 0.15) is 58.3 Å². The molecule has 0 saturated carbocycles. The van der Waals surface area contributed by atoms with E-state index in [1.807, 2.05) is 11.8 Å². The van der Waals surface area contributed by atoms with Crippen molar-refractivity contribution in [3.05, 3.63) is 0 Å². The smallest absolute Gasteiger partial charge is 0.0223 e. The van der Waals surface area contributed by atoms with Crippen LogP contribution in [0.4, 0.5) is 0 Å². The number of hydrogen-bond donors (Lipinski definition) is 0. The van der Waals surface area contributed by atoms with Crippen molar-refractivity contribution in [3.63, 3.8) is 0 Å². The van der Waals surface area contributed by atoms with Gasteiger partial charge < -0.3 is 0 Å². The SMILES string of the molecule is CCC1CN2CCCCC2CN1CCCCCCSC. The molecule has 3 heteroatoms. The van der Waals surface area contributed by atoms with E-state index in [0.717, 1.165) is 12.1 Å². The van der Waals surface area contributed by atoms with Crippen LogP contribution in [0, 0.1) is 0 Å². The monoisotopic (exact) mass is 298 g/mol. The van der Waals surface area contributed by atoms with Crippen molar-refractivity contribution in [2.45, 2.75) is 70.4 Å². The zero-order valence-electron chi connectivity index (χ0n) is 13.6. The van der Waals surface area contributed by atoms with Gasteiger partial charge in [0.25, 0.3) is 0 Å². The van der Waals surface area contributed by atoms with E-state index >= 15 is 0 Å². The fraction of sp³-hybridized carbons (Fsp3) is 1.00. The Bertz CT molecular complexity index is 259. The summed E-state index contributed by atoms with van der Waals surface area (Å²) in [6.45, 7) is 7.78. The summed E-state index contributed by atoms with van der Waals surface area (Å²) >= 11 is 1.99. The van der Waals surface area contributed by atoms with E-state index in [1.165, 1.54) is 83.3 Å². The molecule has 0 N–H and O–H groups in total. The molecule has 2 aliphatic rings. The van der Waals surface area contributed by atoms with E-state index in [-0.39, 0.29) is 0 Å². The summed E-state index contributed by atoms with van der Waals surface area (Å²) in [6.07, 6.45) is 13.6. The molecule has 0 spiro atoms. The summed E-state index contributed by atoms with van der Waals surface area (Å²) < 4.78 is 0. The zero-order chi connectivity index (χ0) is 14.2. The molecule has 0 aromatic heterocycles. The fourth-order valence-corrected chi connectivity index (χ4v) is 4.38. The van der Waals surface area contributed by atoms with Crippen LogP contribution >= 0.6 is 11.8 Å². The van der Waals surface area contributed by atoms with Crippen LogP contribution in [0.15, 0.2) is 0 Å². The summed E-state index contributed by atoms with van der Waals surface area (Å²) in [6, 6.07) is 1.71. The Balaban J connectivity index is 1.69. The highest BCUT2D eigenvalue weighted by atomic mass is 32.2. The number of hydrogen-bond acceptors (Lipinski definition) is 3. The number of rotatable bonds is 8. The summed E-state index contributed by atoms with van der Waals surface area (Å²) in [5.41, 5.74) is 0. The fourth-order valence-electron chi connectivity index (χ4n) is 3.89. The number of nitrogens with zero attached hydrogens (tertiary/aromatic N) is 2. The van der Waals surface area contributed by atoms with Crippen molar-refractivity contribution in [2.24, 2.45) is 0 Å². The van der Waals surface area contributed by atoms with Gasteiger partial charge in [0, 0.05) is 25.2 Å². The Labute approximate surface area is 130 Å². The minimum absolute atomic E-state index is 0.829. The van der Waals surface area contributed by atoms with Crippen LogP contribution < -0.4 is 0 Å². The first kappa shape index (κ1) is 16.6. The van der Waals surface area contributed by atoms with Crippen molar-refractivity contribution in [3.8, 4) is 0 Å². The quantitative estimate of drug-likeness (QED) is 0.628. The first-order valence-electron chi connectivity index (χ1n) is 8.82. The molecule has 2 fully saturated rings. The molecule has 118 valence electrons. The van der Waals surface area contributed by atoms with Crippen LogP contribution in [0.3, 0.4) is 0 Å². The molecule has 2 aliphatic heterocycles. The average molecular weight is 299 g/mol. The molecule has 2 unspecified atom stereocenters. The lowest BCUT2D eigenvalue weighted by molar-refractivity contribution is 0.00689. The second kappa shape index (κ2) is 9.32. The minimum atomic E-state index is 0.829. The number of unbranched alkanes of at least 4 members (excludes halogenated alkanes) is 3. The second-order valence-electron chi connectivity index (χ2n) is 6.61. The molecule has 2 heterocycles. The lowest BCUT2D eigenvalue weighted by Gasteiger charge is -2.48. The third-order valence-electron chi connectivity index (χ3n) is 5.17. The Hall–Kier alpha value is 0.270. The Morgan fingerprint density at radius 1 is 1.05 bits per heavy atom. The highest BCUT2D eigenvalue weighted by Gasteiger charge is 2.33. The van der Waals surface area contributed by atoms with Gasteiger partial charge in [-0.2, -0.15) is 11.8 Å². The Morgan fingerprint density at radius 2 is 1.90 bits per heavy atom. The molecule has 2 nitrogen and oxygen atoms in total. The second-order valence-corrected chi connectivity index (χ2v) is 7.59.